The third kappa shape index (κ3) is 3.55. The Morgan fingerprint density at radius 2 is 2.05 bits per heavy atom. The van der Waals surface area contributed by atoms with Crippen molar-refractivity contribution in [2.45, 2.75) is 13.5 Å². The van der Waals surface area contributed by atoms with Crippen molar-refractivity contribution in [1.29, 1.82) is 0 Å². The van der Waals surface area contributed by atoms with Crippen molar-refractivity contribution in [2.24, 2.45) is 5.73 Å². The van der Waals surface area contributed by atoms with Gasteiger partial charge >= 0.3 is 11.8 Å². The number of nitrogens with two attached hydrogens (primary N) is 1. The van der Waals surface area contributed by atoms with E-state index in [0.29, 0.717) is 11.4 Å². The highest BCUT2D eigenvalue weighted by Crippen LogP contribution is 2.16. The molecule has 8 heteroatoms. The Bertz CT molecular complexity index is 621. The van der Waals surface area contributed by atoms with E-state index in [4.69, 9.17) is 10.5 Å². The molecular weight excluding hydrogens is 264 g/mol. The maximum Gasteiger partial charge on any atom is 0.315 e. The average Bonchev–Trinajstić information content (AvgIpc) is 2.86. The number of nitrogens with zero attached hydrogens (tertiary/aromatic N) is 2. The summed E-state index contributed by atoms with van der Waals surface area (Å²) < 4.78 is 10.0. The molecule has 0 aliphatic rings. The van der Waals surface area contributed by atoms with Gasteiger partial charge in [0.1, 0.15) is 5.75 Å². The lowest BCUT2D eigenvalue weighted by Crippen LogP contribution is -2.11. The zero-order valence-corrected chi connectivity index (χ0v) is 10.6. The lowest BCUT2D eigenvalue weighted by Gasteiger charge is -2.05. The first-order valence-corrected chi connectivity index (χ1v) is 5.67. The quantitative estimate of drug-likeness (QED) is 0.829. The van der Waals surface area contributed by atoms with Crippen LogP contribution in [0.4, 0.5) is 5.69 Å². The third-order valence-electron chi connectivity index (χ3n) is 2.22. The van der Waals surface area contributed by atoms with Crippen LogP contribution in [0.1, 0.15) is 23.4 Å². The largest absolute Gasteiger partial charge is 0.485 e. The Morgan fingerprint density at radius 1 is 1.35 bits per heavy atom. The van der Waals surface area contributed by atoms with Crippen molar-refractivity contribution in [2.75, 3.05) is 5.32 Å². The van der Waals surface area contributed by atoms with Gasteiger partial charge in [0.2, 0.25) is 11.7 Å². The molecule has 1 aromatic heterocycles. The highest BCUT2D eigenvalue weighted by atomic mass is 16.5. The van der Waals surface area contributed by atoms with Gasteiger partial charge in [-0.15, -0.1) is 0 Å². The summed E-state index contributed by atoms with van der Waals surface area (Å²) in [6.07, 6.45) is 0. The number of anilines is 1. The zero-order valence-electron chi connectivity index (χ0n) is 10.6. The SMILES string of the molecule is CC(=O)Nc1ccc(OCc2noc(C(N)=O)n2)cc1. The smallest absolute Gasteiger partial charge is 0.315 e. The highest BCUT2D eigenvalue weighted by molar-refractivity contribution is 5.88. The van der Waals surface area contributed by atoms with Crippen molar-refractivity contribution < 1.29 is 18.8 Å². The minimum absolute atomic E-state index is 0.0380. The molecule has 1 aromatic carbocycles. The number of hydrogen-bond donors (Lipinski definition) is 2. The van der Waals surface area contributed by atoms with E-state index in [1.165, 1.54) is 6.92 Å². The van der Waals surface area contributed by atoms with Crippen molar-refractivity contribution in [3.63, 3.8) is 0 Å². The van der Waals surface area contributed by atoms with E-state index in [1.54, 1.807) is 24.3 Å². The highest BCUT2D eigenvalue weighted by Gasteiger charge is 2.11. The third-order valence-corrected chi connectivity index (χ3v) is 2.22. The van der Waals surface area contributed by atoms with Gasteiger partial charge in [-0.3, -0.25) is 9.59 Å². The van der Waals surface area contributed by atoms with Crippen LogP contribution in [0.2, 0.25) is 0 Å². The molecule has 3 N–H and O–H groups in total. The maximum absolute atomic E-state index is 10.9. The summed E-state index contributed by atoms with van der Waals surface area (Å²) in [4.78, 5) is 25.4. The van der Waals surface area contributed by atoms with Crippen LogP contribution in [0.15, 0.2) is 28.8 Å². The van der Waals surface area contributed by atoms with Crippen molar-refractivity contribution >= 4 is 17.5 Å². The van der Waals surface area contributed by atoms with E-state index >= 15 is 0 Å². The summed E-state index contributed by atoms with van der Waals surface area (Å²) in [6.45, 7) is 1.47. The van der Waals surface area contributed by atoms with Crippen molar-refractivity contribution in [1.82, 2.24) is 10.1 Å². The maximum atomic E-state index is 10.9. The second-order valence-electron chi connectivity index (χ2n) is 3.87. The molecule has 0 atom stereocenters. The predicted octanol–water partition coefficient (Wildman–Crippen LogP) is 0.706. The monoisotopic (exact) mass is 276 g/mol. The molecule has 2 aromatic rings. The molecule has 0 aliphatic carbocycles. The molecule has 0 saturated heterocycles. The molecule has 1 heterocycles. The molecule has 8 nitrogen and oxygen atoms in total. The number of amides is 2. The van der Waals surface area contributed by atoms with E-state index in [-0.39, 0.29) is 24.2 Å². The van der Waals surface area contributed by atoms with Gasteiger partial charge in [0, 0.05) is 12.6 Å². The van der Waals surface area contributed by atoms with E-state index in [0.717, 1.165) is 0 Å². The predicted molar refractivity (Wildman–Crippen MR) is 67.9 cm³/mol. The Morgan fingerprint density at radius 3 is 2.60 bits per heavy atom. The number of hydrogen-bond acceptors (Lipinski definition) is 6. The molecule has 104 valence electrons. The minimum Gasteiger partial charge on any atom is -0.485 e. The Balaban J connectivity index is 1.93. The van der Waals surface area contributed by atoms with Gasteiger partial charge in [-0.2, -0.15) is 4.98 Å². The Kier molecular flexibility index (Phi) is 3.94. The molecular formula is C12H12N4O4. The molecule has 20 heavy (non-hydrogen) atoms. The van der Waals surface area contributed by atoms with Gasteiger partial charge in [0.05, 0.1) is 0 Å². The molecule has 0 spiro atoms. The van der Waals surface area contributed by atoms with E-state index < -0.39 is 5.91 Å². The van der Waals surface area contributed by atoms with Gasteiger partial charge in [0.25, 0.3) is 0 Å². The van der Waals surface area contributed by atoms with Crippen molar-refractivity contribution in [3.05, 3.63) is 36.0 Å². The van der Waals surface area contributed by atoms with Crippen molar-refractivity contribution in [3.8, 4) is 5.75 Å². The molecule has 0 unspecified atom stereocenters. The van der Waals surface area contributed by atoms with Crippen LogP contribution >= 0.6 is 0 Å². The topological polar surface area (TPSA) is 120 Å². The number of nitrogens with one attached hydrogen (secondary N) is 1. The summed E-state index contributed by atoms with van der Waals surface area (Å²) >= 11 is 0. The van der Waals surface area contributed by atoms with Gasteiger partial charge in [-0.25, -0.2) is 0 Å². The number of primary amides is 1. The normalized spacial score (nSPS) is 10.1. The fourth-order valence-electron chi connectivity index (χ4n) is 1.40. The fourth-order valence-corrected chi connectivity index (χ4v) is 1.40. The second-order valence-corrected chi connectivity index (χ2v) is 3.87. The van der Waals surface area contributed by atoms with Crippen LogP contribution in [0.5, 0.6) is 5.75 Å². The summed E-state index contributed by atoms with van der Waals surface area (Å²) in [5, 5.41) is 6.18. The first-order chi connectivity index (χ1) is 9.54. The summed E-state index contributed by atoms with van der Waals surface area (Å²) in [7, 11) is 0. The molecule has 0 aliphatic heterocycles. The molecule has 0 fully saturated rings. The van der Waals surface area contributed by atoms with E-state index in [9.17, 15) is 9.59 Å². The number of benzene rings is 1. The minimum atomic E-state index is -0.789. The van der Waals surface area contributed by atoms with Crippen LogP contribution in [-0.4, -0.2) is 22.0 Å². The number of aromatic nitrogens is 2. The molecule has 0 radical (unpaired) electrons. The summed E-state index contributed by atoms with van der Waals surface area (Å²) in [5.74, 6) is -0.424. The molecule has 2 amide bonds. The fraction of sp³-hybridized carbons (Fsp3) is 0.167. The number of carbonyl (C=O) groups is 2. The second kappa shape index (κ2) is 5.83. The Labute approximate surface area is 113 Å². The van der Waals surface area contributed by atoms with Gasteiger partial charge < -0.3 is 20.3 Å². The average molecular weight is 276 g/mol. The number of rotatable bonds is 5. The first kappa shape index (κ1) is 13.5. The van der Waals surface area contributed by atoms with Crippen LogP contribution in [-0.2, 0) is 11.4 Å². The standard InChI is InChI=1S/C12H12N4O4/c1-7(17)14-8-2-4-9(5-3-8)19-6-10-15-12(11(13)18)20-16-10/h2-5H,6H2,1H3,(H2,13,18)(H,14,17). The van der Waals surface area contributed by atoms with Crippen LogP contribution in [0.3, 0.4) is 0 Å². The molecule has 0 saturated carbocycles. The summed E-state index contributed by atoms with van der Waals surface area (Å²) in [6, 6.07) is 6.75. The zero-order chi connectivity index (χ0) is 14.5. The lowest BCUT2D eigenvalue weighted by atomic mass is 10.3. The van der Waals surface area contributed by atoms with Gasteiger partial charge in [-0.05, 0) is 24.3 Å². The van der Waals surface area contributed by atoms with E-state index in [2.05, 4.69) is 20.0 Å². The lowest BCUT2D eigenvalue weighted by molar-refractivity contribution is -0.114. The number of carbonyl (C=O) groups excluding carboxylic acids is 2. The van der Waals surface area contributed by atoms with E-state index in [1.807, 2.05) is 0 Å². The van der Waals surface area contributed by atoms with Crippen LogP contribution < -0.4 is 15.8 Å². The molecule has 0 bridgehead atoms. The van der Waals surface area contributed by atoms with Gasteiger partial charge in [-0.1, -0.05) is 5.16 Å². The summed E-state index contributed by atoms with van der Waals surface area (Å²) in [5.41, 5.74) is 5.65. The number of ether oxygens (including phenoxy) is 1. The van der Waals surface area contributed by atoms with Crippen LogP contribution in [0.25, 0.3) is 0 Å². The van der Waals surface area contributed by atoms with Crippen LogP contribution in [0, 0.1) is 0 Å². The molecule has 2 rings (SSSR count). The first-order valence-electron chi connectivity index (χ1n) is 5.67. The van der Waals surface area contributed by atoms with Gasteiger partial charge in [0.15, 0.2) is 6.61 Å². The Hall–Kier alpha value is -2.90.